The molecule has 1 N–H and O–H groups in total. The van der Waals surface area contributed by atoms with Crippen LogP contribution in [0, 0.1) is 0 Å². The lowest BCUT2D eigenvalue weighted by Crippen LogP contribution is -2.16. The third-order valence-corrected chi connectivity index (χ3v) is 3.81. The van der Waals surface area contributed by atoms with Gasteiger partial charge in [-0.1, -0.05) is 50.8 Å². The quantitative estimate of drug-likeness (QED) is 0.701. The van der Waals surface area contributed by atoms with E-state index in [1.54, 1.807) is 0 Å². The molecule has 1 aromatic carbocycles. The molecule has 2 aromatic rings. The van der Waals surface area contributed by atoms with Crippen molar-refractivity contribution in [3.63, 3.8) is 0 Å². The molecular weight excluding hydrogens is 232 g/mol. The topological polar surface area (TPSA) is 17.0 Å². The molecule has 1 aromatic heterocycles. The highest BCUT2D eigenvalue weighted by atomic mass is 15.0. The minimum Gasteiger partial charge on any atom is -0.346 e. The summed E-state index contributed by atoms with van der Waals surface area (Å²) in [6, 6.07) is 10.9. The second-order valence-corrected chi connectivity index (χ2v) is 5.34. The van der Waals surface area contributed by atoms with Gasteiger partial charge in [0.15, 0.2) is 0 Å². The number of aryl methyl sites for hydroxylation is 1. The highest BCUT2D eigenvalue weighted by Crippen LogP contribution is 2.17. The molecule has 0 aliphatic rings. The summed E-state index contributed by atoms with van der Waals surface area (Å²) in [5, 5.41) is 4.90. The second kappa shape index (κ2) is 7.34. The number of hydrogen-bond donors (Lipinski definition) is 1. The fourth-order valence-electron chi connectivity index (χ4n) is 2.59. The fraction of sp³-hybridized carbons (Fsp3) is 0.529. The van der Waals surface area contributed by atoms with Crippen LogP contribution in [0.2, 0.25) is 0 Å². The zero-order chi connectivity index (χ0) is 13.5. The number of fused-ring (bicyclic) bond motifs is 1. The van der Waals surface area contributed by atoms with Crippen molar-refractivity contribution in [1.29, 1.82) is 0 Å². The van der Waals surface area contributed by atoms with Gasteiger partial charge < -0.3 is 9.88 Å². The molecule has 2 nitrogen and oxygen atoms in total. The third-order valence-electron chi connectivity index (χ3n) is 3.81. The molecule has 0 bridgehead atoms. The predicted molar refractivity (Wildman–Crippen MR) is 83.4 cm³/mol. The van der Waals surface area contributed by atoms with Crippen LogP contribution in [0.3, 0.4) is 0 Å². The van der Waals surface area contributed by atoms with Crippen molar-refractivity contribution in [3.05, 3.63) is 36.0 Å². The highest BCUT2D eigenvalue weighted by molar-refractivity contribution is 5.81. The summed E-state index contributed by atoms with van der Waals surface area (Å²) >= 11 is 0. The molecule has 0 amide bonds. The van der Waals surface area contributed by atoms with Crippen LogP contribution in [0.5, 0.6) is 0 Å². The van der Waals surface area contributed by atoms with Crippen molar-refractivity contribution in [2.45, 2.75) is 45.6 Å². The molecule has 1 heterocycles. The van der Waals surface area contributed by atoms with E-state index in [4.69, 9.17) is 0 Å². The molecular formula is C17H26N2. The number of nitrogens with zero attached hydrogens (tertiary/aromatic N) is 1. The lowest BCUT2D eigenvalue weighted by atomic mass is 10.1. The van der Waals surface area contributed by atoms with Crippen molar-refractivity contribution >= 4 is 10.9 Å². The van der Waals surface area contributed by atoms with Gasteiger partial charge in [-0.15, -0.1) is 0 Å². The van der Waals surface area contributed by atoms with Gasteiger partial charge in [0.05, 0.1) is 0 Å². The second-order valence-electron chi connectivity index (χ2n) is 5.34. The number of nitrogens with one attached hydrogen (secondary N) is 1. The van der Waals surface area contributed by atoms with E-state index >= 15 is 0 Å². The summed E-state index contributed by atoms with van der Waals surface area (Å²) in [5.74, 6) is 0. The first-order valence-corrected chi connectivity index (χ1v) is 7.57. The first-order chi connectivity index (χ1) is 9.33. The minimum atomic E-state index is 0.971. The lowest BCUT2D eigenvalue weighted by molar-refractivity contribution is 0.575. The largest absolute Gasteiger partial charge is 0.346 e. The molecule has 0 aliphatic carbocycles. The van der Waals surface area contributed by atoms with Crippen LogP contribution in [-0.2, 0) is 13.6 Å². The summed E-state index contributed by atoms with van der Waals surface area (Å²) in [6.45, 7) is 4.36. The van der Waals surface area contributed by atoms with Gasteiger partial charge >= 0.3 is 0 Å². The monoisotopic (exact) mass is 258 g/mol. The average Bonchev–Trinajstić information content (AvgIpc) is 2.75. The fourth-order valence-corrected chi connectivity index (χ4v) is 2.59. The Kier molecular flexibility index (Phi) is 5.46. The molecule has 2 rings (SSSR count). The van der Waals surface area contributed by atoms with E-state index in [1.807, 2.05) is 0 Å². The van der Waals surface area contributed by atoms with Crippen molar-refractivity contribution in [2.24, 2.45) is 7.05 Å². The van der Waals surface area contributed by atoms with Gasteiger partial charge in [-0.05, 0) is 30.5 Å². The van der Waals surface area contributed by atoms with E-state index in [0.29, 0.717) is 0 Å². The molecule has 19 heavy (non-hydrogen) atoms. The van der Waals surface area contributed by atoms with Crippen LogP contribution >= 0.6 is 0 Å². The van der Waals surface area contributed by atoms with Crippen molar-refractivity contribution in [1.82, 2.24) is 9.88 Å². The van der Waals surface area contributed by atoms with Gasteiger partial charge in [0.1, 0.15) is 0 Å². The number of para-hydroxylation sites is 1. The van der Waals surface area contributed by atoms with Crippen molar-refractivity contribution in [2.75, 3.05) is 6.54 Å². The number of rotatable bonds is 8. The van der Waals surface area contributed by atoms with E-state index < -0.39 is 0 Å². The molecule has 0 saturated heterocycles. The molecule has 0 spiro atoms. The van der Waals surface area contributed by atoms with E-state index in [0.717, 1.165) is 13.1 Å². The average molecular weight is 258 g/mol. The van der Waals surface area contributed by atoms with Crippen LogP contribution in [0.25, 0.3) is 10.9 Å². The SMILES string of the molecule is CCCCCCCNCc1cc2ccccc2n1C. The minimum absolute atomic E-state index is 0.971. The first kappa shape index (κ1) is 14.1. The summed E-state index contributed by atoms with van der Waals surface area (Å²) in [4.78, 5) is 0. The van der Waals surface area contributed by atoms with Crippen molar-refractivity contribution in [3.8, 4) is 0 Å². The molecule has 0 saturated carbocycles. The molecule has 2 heteroatoms. The first-order valence-electron chi connectivity index (χ1n) is 7.57. The Morgan fingerprint density at radius 3 is 2.63 bits per heavy atom. The third kappa shape index (κ3) is 3.84. The van der Waals surface area contributed by atoms with Gasteiger partial charge in [0, 0.05) is 24.8 Å². The zero-order valence-corrected chi connectivity index (χ0v) is 12.3. The Labute approximate surface area is 116 Å². The normalized spacial score (nSPS) is 11.3. The molecule has 0 unspecified atom stereocenters. The zero-order valence-electron chi connectivity index (χ0n) is 12.3. The van der Waals surface area contributed by atoms with E-state index in [-0.39, 0.29) is 0 Å². The van der Waals surface area contributed by atoms with Crippen LogP contribution in [0.4, 0.5) is 0 Å². The Bertz CT molecular complexity index is 499. The van der Waals surface area contributed by atoms with E-state index in [1.165, 1.54) is 48.7 Å². The predicted octanol–water partition coefficient (Wildman–Crippen LogP) is 4.24. The Morgan fingerprint density at radius 1 is 1.05 bits per heavy atom. The number of hydrogen-bond acceptors (Lipinski definition) is 1. The molecule has 0 fully saturated rings. The van der Waals surface area contributed by atoms with E-state index in [9.17, 15) is 0 Å². The summed E-state index contributed by atoms with van der Waals surface area (Å²) in [5.41, 5.74) is 2.69. The Hall–Kier alpha value is -1.28. The maximum atomic E-state index is 3.56. The molecule has 104 valence electrons. The van der Waals surface area contributed by atoms with Gasteiger partial charge in [-0.25, -0.2) is 0 Å². The van der Waals surface area contributed by atoms with Crippen LogP contribution in [-0.4, -0.2) is 11.1 Å². The Balaban J connectivity index is 1.77. The number of aromatic nitrogens is 1. The smallest absolute Gasteiger partial charge is 0.0480 e. The Morgan fingerprint density at radius 2 is 1.84 bits per heavy atom. The standard InChI is InChI=1S/C17H26N2/c1-3-4-5-6-9-12-18-14-16-13-15-10-7-8-11-17(15)19(16)2/h7-8,10-11,13,18H,3-6,9,12,14H2,1-2H3. The van der Waals surface area contributed by atoms with Crippen LogP contribution in [0.1, 0.15) is 44.7 Å². The molecule has 0 aliphatic heterocycles. The summed E-state index contributed by atoms with van der Waals surface area (Å²) in [7, 11) is 2.15. The highest BCUT2D eigenvalue weighted by Gasteiger charge is 2.03. The number of unbranched alkanes of at least 4 members (excludes halogenated alkanes) is 4. The summed E-state index contributed by atoms with van der Waals surface area (Å²) in [6.07, 6.45) is 6.73. The summed E-state index contributed by atoms with van der Waals surface area (Å²) < 4.78 is 2.29. The van der Waals surface area contributed by atoms with Crippen LogP contribution in [0.15, 0.2) is 30.3 Å². The molecule has 0 radical (unpaired) electrons. The van der Waals surface area contributed by atoms with Gasteiger partial charge in [0.25, 0.3) is 0 Å². The maximum absolute atomic E-state index is 3.56. The maximum Gasteiger partial charge on any atom is 0.0480 e. The van der Waals surface area contributed by atoms with Crippen molar-refractivity contribution < 1.29 is 0 Å². The molecule has 0 atom stereocenters. The van der Waals surface area contributed by atoms with E-state index in [2.05, 4.69) is 54.2 Å². The van der Waals surface area contributed by atoms with Gasteiger partial charge in [0.2, 0.25) is 0 Å². The van der Waals surface area contributed by atoms with Gasteiger partial charge in [-0.2, -0.15) is 0 Å². The van der Waals surface area contributed by atoms with Crippen LogP contribution < -0.4 is 5.32 Å². The lowest BCUT2D eigenvalue weighted by Gasteiger charge is -2.06. The van der Waals surface area contributed by atoms with Gasteiger partial charge in [-0.3, -0.25) is 0 Å². The number of benzene rings is 1.